The highest BCUT2D eigenvalue weighted by Crippen LogP contribution is 2.45. The molecule has 30 heavy (non-hydrogen) atoms. The molecule has 158 valence electrons. The number of nitrogens with one attached hydrogen (secondary N) is 1. The van der Waals surface area contributed by atoms with Gasteiger partial charge in [-0.05, 0) is 18.6 Å². The van der Waals surface area contributed by atoms with Gasteiger partial charge in [-0.2, -0.15) is 0 Å². The molecule has 2 amide bonds. The molecule has 0 saturated carbocycles. The van der Waals surface area contributed by atoms with E-state index in [4.69, 9.17) is 14.6 Å². The van der Waals surface area contributed by atoms with E-state index in [0.717, 1.165) is 6.42 Å². The summed E-state index contributed by atoms with van der Waals surface area (Å²) in [4.78, 5) is 49.7. The highest BCUT2D eigenvalue weighted by Gasteiger charge is 2.61. The zero-order valence-corrected chi connectivity index (χ0v) is 16.2. The highest BCUT2D eigenvalue weighted by atomic mass is 16.5. The van der Waals surface area contributed by atoms with E-state index in [1.54, 1.807) is 21.9 Å². The van der Waals surface area contributed by atoms with Crippen LogP contribution in [0.2, 0.25) is 0 Å². The lowest BCUT2D eigenvalue weighted by Crippen LogP contribution is -2.56. The Morgan fingerprint density at radius 2 is 1.97 bits per heavy atom. The maximum atomic E-state index is 13.1. The number of aromatic amines is 1. The molecular formula is C20H22N4O6. The second-order valence-corrected chi connectivity index (χ2v) is 7.35. The molecule has 3 saturated heterocycles. The molecule has 0 unspecified atom stereocenters. The first-order valence-electron chi connectivity index (χ1n) is 9.72. The average molecular weight is 414 g/mol. The summed E-state index contributed by atoms with van der Waals surface area (Å²) < 4.78 is 7.38. The van der Waals surface area contributed by atoms with Crippen molar-refractivity contribution in [2.45, 2.75) is 31.0 Å². The van der Waals surface area contributed by atoms with E-state index in [1.165, 1.54) is 10.7 Å². The molecule has 10 nitrogen and oxygen atoms in total. The van der Waals surface area contributed by atoms with Crippen molar-refractivity contribution in [3.8, 4) is 5.69 Å². The van der Waals surface area contributed by atoms with Crippen LogP contribution in [-0.4, -0.2) is 74.4 Å². The molecule has 3 aliphatic heterocycles. The summed E-state index contributed by atoms with van der Waals surface area (Å²) in [7, 11) is 0. The van der Waals surface area contributed by atoms with Gasteiger partial charge in [0.15, 0.2) is 5.72 Å². The van der Waals surface area contributed by atoms with Crippen LogP contribution in [0.3, 0.4) is 0 Å². The topological polar surface area (TPSA) is 125 Å². The smallest absolute Gasteiger partial charge is 0.290 e. The van der Waals surface area contributed by atoms with Gasteiger partial charge in [-0.25, -0.2) is 4.68 Å². The molecule has 2 atom stereocenters. The van der Waals surface area contributed by atoms with Crippen LogP contribution in [0.1, 0.15) is 29.8 Å². The summed E-state index contributed by atoms with van der Waals surface area (Å²) in [6, 6.07) is 10.1. The van der Waals surface area contributed by atoms with Gasteiger partial charge < -0.3 is 19.6 Å². The van der Waals surface area contributed by atoms with Crippen LogP contribution in [0.25, 0.3) is 5.69 Å². The number of carbonyl (C=O) groups is 3. The van der Waals surface area contributed by atoms with Gasteiger partial charge in [0.05, 0.1) is 24.8 Å². The van der Waals surface area contributed by atoms with Crippen molar-refractivity contribution in [1.82, 2.24) is 19.6 Å². The van der Waals surface area contributed by atoms with Crippen molar-refractivity contribution in [3.05, 3.63) is 52.4 Å². The van der Waals surface area contributed by atoms with Crippen molar-refractivity contribution in [2.75, 3.05) is 19.7 Å². The van der Waals surface area contributed by atoms with Crippen LogP contribution < -0.4 is 5.56 Å². The van der Waals surface area contributed by atoms with E-state index >= 15 is 0 Å². The van der Waals surface area contributed by atoms with Gasteiger partial charge >= 0.3 is 0 Å². The minimum Gasteiger partial charge on any atom is -0.483 e. The number of likely N-dealkylation sites (tertiary alicyclic amines) is 1. The average Bonchev–Trinajstić information content (AvgIpc) is 3.39. The zero-order valence-electron chi connectivity index (χ0n) is 16.2. The van der Waals surface area contributed by atoms with Crippen molar-refractivity contribution >= 4 is 18.3 Å². The van der Waals surface area contributed by atoms with E-state index < -0.39 is 5.72 Å². The fourth-order valence-corrected chi connectivity index (χ4v) is 4.62. The van der Waals surface area contributed by atoms with Gasteiger partial charge in [0.1, 0.15) is 5.69 Å². The van der Waals surface area contributed by atoms with Gasteiger partial charge in [0.2, 0.25) is 5.91 Å². The lowest BCUT2D eigenvalue weighted by atomic mass is 10.0. The normalized spacial score (nSPS) is 24.7. The number of nitrogens with zero attached hydrogens (tertiary/aromatic N) is 3. The summed E-state index contributed by atoms with van der Waals surface area (Å²) in [6.45, 7) is 1.54. The minimum atomic E-state index is -0.687. The number of ether oxygens (including phenoxy) is 1. The molecule has 4 heterocycles. The van der Waals surface area contributed by atoms with Gasteiger partial charge in [0, 0.05) is 25.6 Å². The Kier molecular flexibility index (Phi) is 5.17. The van der Waals surface area contributed by atoms with Crippen molar-refractivity contribution in [1.29, 1.82) is 0 Å². The second-order valence-electron chi connectivity index (χ2n) is 7.35. The maximum absolute atomic E-state index is 13.1. The largest absolute Gasteiger partial charge is 0.483 e. The molecule has 3 fully saturated rings. The lowest BCUT2D eigenvalue weighted by molar-refractivity contribution is -0.179. The predicted octanol–water partition coefficient (Wildman–Crippen LogP) is 0.430. The van der Waals surface area contributed by atoms with Crippen LogP contribution in [-0.2, 0) is 14.3 Å². The number of hydrogen-bond donors (Lipinski definition) is 2. The number of aromatic nitrogens is 2. The summed E-state index contributed by atoms with van der Waals surface area (Å²) in [5.74, 6) is -0.236. The van der Waals surface area contributed by atoms with Crippen LogP contribution in [0.15, 0.2) is 41.2 Å². The van der Waals surface area contributed by atoms with Crippen LogP contribution in [0, 0.1) is 0 Å². The Balaban J connectivity index is 0.000000687. The quantitative estimate of drug-likeness (QED) is 0.687. The van der Waals surface area contributed by atoms with Gasteiger partial charge in [-0.15, -0.1) is 0 Å². The van der Waals surface area contributed by atoms with Gasteiger partial charge in [-0.3, -0.25) is 24.3 Å². The molecule has 0 aliphatic carbocycles. The highest BCUT2D eigenvalue weighted by molar-refractivity contribution is 5.94. The first-order chi connectivity index (χ1) is 14.5. The Hall–Kier alpha value is -3.40. The fourth-order valence-electron chi connectivity index (χ4n) is 4.62. The fraction of sp³-hybridized carbons (Fsp3) is 0.400. The molecule has 0 radical (unpaired) electrons. The molecule has 3 aliphatic rings. The first-order valence-corrected chi connectivity index (χ1v) is 9.72. The Morgan fingerprint density at radius 1 is 1.23 bits per heavy atom. The molecule has 5 rings (SSSR count). The molecule has 1 aromatic carbocycles. The number of hydrogen-bond acceptors (Lipinski definition) is 5. The number of amides is 2. The minimum absolute atomic E-state index is 0.0348. The maximum Gasteiger partial charge on any atom is 0.290 e. The Morgan fingerprint density at radius 3 is 2.70 bits per heavy atom. The number of H-pyrrole nitrogens is 1. The summed E-state index contributed by atoms with van der Waals surface area (Å²) >= 11 is 0. The van der Waals surface area contributed by atoms with E-state index in [9.17, 15) is 14.4 Å². The number of rotatable bonds is 2. The zero-order chi connectivity index (χ0) is 21.3. The lowest BCUT2D eigenvalue weighted by Gasteiger charge is -2.42. The van der Waals surface area contributed by atoms with E-state index in [1.807, 2.05) is 18.2 Å². The number of para-hydroxylation sites is 1. The summed E-state index contributed by atoms with van der Waals surface area (Å²) in [6.07, 6.45) is 1.70. The Bertz CT molecular complexity index is 1020. The van der Waals surface area contributed by atoms with E-state index in [-0.39, 0.29) is 42.0 Å². The molecule has 0 bridgehead atoms. The SMILES string of the molecule is O=C(c1cc(=O)n(-c2ccccc2)[nH]1)N1CC[C@@]23OCCCN2C(=O)C[C@@H]13.O=CO. The summed E-state index contributed by atoms with van der Waals surface area (Å²) in [5.41, 5.74) is -0.0933. The number of carbonyl (C=O) groups excluding carboxylic acids is 2. The number of benzene rings is 1. The van der Waals surface area contributed by atoms with Crippen LogP contribution in [0.5, 0.6) is 0 Å². The molecule has 1 spiro atoms. The standard InChI is InChI=1S/C19H20N4O4.CH2O2/c24-16-12-15-19(22(16)8-4-10-27-19)7-9-21(15)18(26)14-11-17(25)23(20-14)13-5-2-1-3-6-13;2-1-3/h1-3,5-6,11,15,20H,4,7-10,12H2;1H,(H,2,3)/t15-,19+;/m1./s1. The molecular weight excluding hydrogens is 392 g/mol. The van der Waals surface area contributed by atoms with Gasteiger partial charge in [0.25, 0.3) is 17.9 Å². The monoisotopic (exact) mass is 414 g/mol. The molecule has 2 N–H and O–H groups in total. The third-order valence-corrected chi connectivity index (χ3v) is 5.84. The van der Waals surface area contributed by atoms with Gasteiger partial charge in [-0.1, -0.05) is 18.2 Å². The van der Waals surface area contributed by atoms with Crippen LogP contribution in [0.4, 0.5) is 0 Å². The third-order valence-electron chi connectivity index (χ3n) is 5.84. The molecule has 10 heteroatoms. The van der Waals surface area contributed by atoms with Crippen molar-refractivity contribution in [2.24, 2.45) is 0 Å². The summed E-state index contributed by atoms with van der Waals surface area (Å²) in [5, 5.41) is 9.80. The van der Waals surface area contributed by atoms with Crippen LogP contribution >= 0.6 is 0 Å². The predicted molar refractivity (Wildman–Crippen MR) is 104 cm³/mol. The van der Waals surface area contributed by atoms with E-state index in [0.29, 0.717) is 31.8 Å². The molecule has 1 aromatic heterocycles. The van der Waals surface area contributed by atoms with E-state index in [2.05, 4.69) is 5.10 Å². The molecule has 2 aromatic rings. The third kappa shape index (κ3) is 3.09. The van der Waals surface area contributed by atoms with Crippen molar-refractivity contribution in [3.63, 3.8) is 0 Å². The van der Waals surface area contributed by atoms with Crippen molar-refractivity contribution < 1.29 is 24.2 Å². The second kappa shape index (κ2) is 7.79. The first kappa shape index (κ1) is 19.9. The number of carboxylic acid groups (broad SMARTS) is 1. The Labute approximate surface area is 171 Å².